The molecule has 0 aliphatic rings. The summed E-state index contributed by atoms with van der Waals surface area (Å²) in [5.41, 5.74) is 48.4. The Morgan fingerprint density at radius 1 is 0.360 bits per heavy atom. The molecule has 0 saturated carbocycles. The van der Waals surface area contributed by atoms with E-state index in [1.165, 1.54) is 13.8 Å². The van der Waals surface area contributed by atoms with Gasteiger partial charge in [-0.1, -0.05) is 27.7 Å². The number of carbonyl (C=O) groups excluding carboxylic acids is 21. The lowest BCUT2D eigenvalue weighted by atomic mass is 10.0. The van der Waals surface area contributed by atoms with Gasteiger partial charge in [0, 0.05) is 135 Å². The number of rotatable bonds is 60. The van der Waals surface area contributed by atoms with Gasteiger partial charge in [-0.05, 0) is 51.9 Å². The number of ketones is 1. The molecule has 0 aliphatic heterocycles. The Morgan fingerprint density at radius 3 is 0.947 bits per heavy atom. The largest absolute Gasteiger partial charge is 0.465 e. The van der Waals surface area contributed by atoms with Crippen LogP contribution in [0, 0.1) is 11.8 Å². The second kappa shape index (κ2) is 53.5. The molecule has 0 rings (SSSR count). The van der Waals surface area contributed by atoms with Crippen LogP contribution in [0.3, 0.4) is 0 Å². The summed E-state index contributed by atoms with van der Waals surface area (Å²) >= 11 is 4.14. The Labute approximate surface area is 663 Å². The van der Waals surface area contributed by atoms with Crippen LogP contribution in [-0.2, 0) is 101 Å². The third kappa shape index (κ3) is 38.2. The van der Waals surface area contributed by atoms with Gasteiger partial charge < -0.3 is 123 Å². The summed E-state index contributed by atoms with van der Waals surface area (Å²) < 4.78 is 0. The zero-order valence-electron chi connectivity index (χ0n) is 65.1. The van der Waals surface area contributed by atoms with Crippen molar-refractivity contribution in [2.75, 3.05) is 104 Å². The van der Waals surface area contributed by atoms with E-state index in [4.69, 9.17) is 51.6 Å². The molecular formula is C67H114N22O24S. The second-order valence-corrected chi connectivity index (χ2v) is 27.1. The number of nitrogens with one attached hydrogen (secondary N) is 6. The van der Waals surface area contributed by atoms with Crippen molar-refractivity contribution in [3.05, 3.63) is 0 Å². The van der Waals surface area contributed by atoms with E-state index < -0.39 is 327 Å². The highest BCUT2D eigenvalue weighted by Crippen LogP contribution is 2.19. The van der Waals surface area contributed by atoms with Crippen LogP contribution in [0.2, 0.25) is 0 Å². The molecule has 46 nitrogen and oxygen atoms in total. The van der Waals surface area contributed by atoms with E-state index in [9.17, 15) is 116 Å². The normalized spacial score (nSPS) is 13.0. The van der Waals surface area contributed by atoms with Gasteiger partial charge in [0.05, 0.1) is 12.6 Å². The third-order valence-corrected chi connectivity index (χ3v) is 17.8. The maximum absolute atomic E-state index is 14.3. The van der Waals surface area contributed by atoms with Gasteiger partial charge in [-0.25, -0.2) is 4.79 Å². The molecule has 114 heavy (non-hydrogen) atoms. The Morgan fingerprint density at radius 2 is 0.640 bits per heavy atom. The van der Waals surface area contributed by atoms with Crippen LogP contribution in [0.25, 0.3) is 0 Å². The SMILES string of the molecule is CCC(C)C(=O)N(CCNC(=O)[C@H](CCC(N)=O)N(CCN)C(=O)CC(N)=O)[C@@H](CCC(N)=O)C(=O)NCCN(C(=O)CC(N)=O)[C@@H](C)C(=O)NCCN(C(=O)CC(N)=O)[C@@H](CCC(N)=O)C(=O)NCCN(C(=O)CC(C)C)[C@@H](CO)C(=O)NCCN(C(=O)O)[C@@H](CS)C(=O)NCCN(C(=O)CC(N)=O)[C@@H](CCC(N)=O)C(C)=O. The molecule has 0 aromatic rings. The number of nitrogens with two attached hydrogens (primary N) is 9. The number of carbonyl (C=O) groups is 22. The van der Waals surface area contributed by atoms with Gasteiger partial charge in [-0.15, -0.1) is 0 Å². The molecule has 21 amide bonds. The van der Waals surface area contributed by atoms with E-state index in [1.54, 1.807) is 20.8 Å². The molecule has 0 saturated heterocycles. The van der Waals surface area contributed by atoms with Gasteiger partial charge in [0.15, 0.2) is 5.78 Å². The molecule has 1 unspecified atom stereocenters. The van der Waals surface area contributed by atoms with E-state index in [2.05, 4.69) is 44.5 Å². The molecule has 0 aromatic heterocycles. The first-order chi connectivity index (χ1) is 53.3. The number of aliphatic hydroxyl groups excluding tert-OH is 1. The molecule has 0 heterocycles. The molecule has 26 N–H and O–H groups in total. The highest BCUT2D eigenvalue weighted by Gasteiger charge is 2.39. The molecule has 8 atom stereocenters. The third-order valence-electron chi connectivity index (χ3n) is 17.4. The van der Waals surface area contributed by atoms with Gasteiger partial charge in [-0.3, -0.25) is 106 Å². The van der Waals surface area contributed by atoms with E-state index in [0.717, 1.165) is 36.3 Å². The summed E-state index contributed by atoms with van der Waals surface area (Å²) in [4.78, 5) is 292. The Kier molecular flexibility index (Phi) is 48.2. The smallest absolute Gasteiger partial charge is 0.408 e. The molecule has 0 aliphatic carbocycles. The van der Waals surface area contributed by atoms with Crippen LogP contribution in [-0.4, -0.2) is 321 Å². The van der Waals surface area contributed by atoms with Crippen LogP contribution >= 0.6 is 12.6 Å². The molecule has 0 aromatic carbocycles. The number of amides is 21. The van der Waals surface area contributed by atoms with E-state index in [1.807, 2.05) is 0 Å². The first-order valence-electron chi connectivity index (χ1n) is 36.5. The Bertz CT molecular complexity index is 3420. The van der Waals surface area contributed by atoms with Crippen molar-refractivity contribution >= 4 is 143 Å². The minimum atomic E-state index is -1.75. The number of primary amides is 8. The van der Waals surface area contributed by atoms with Crippen molar-refractivity contribution in [2.24, 2.45) is 63.4 Å². The average Bonchev–Trinajstić information content (AvgIpc) is 0.851. The number of nitrogens with zero attached hydrogens (tertiary/aromatic N) is 7. The monoisotopic (exact) mass is 1640 g/mol. The number of hydrogen-bond donors (Lipinski definition) is 18. The predicted octanol–water partition coefficient (Wildman–Crippen LogP) is -10.6. The molecular weight excluding hydrogens is 1530 g/mol. The fraction of sp³-hybridized carbons (Fsp3) is 0.672. The first kappa shape index (κ1) is 103. The van der Waals surface area contributed by atoms with Crippen molar-refractivity contribution in [3.8, 4) is 0 Å². The van der Waals surface area contributed by atoms with Crippen molar-refractivity contribution in [3.63, 3.8) is 0 Å². The lowest BCUT2D eigenvalue weighted by molar-refractivity contribution is -0.145. The van der Waals surface area contributed by atoms with Gasteiger partial charge in [0.1, 0.15) is 61.9 Å². The van der Waals surface area contributed by atoms with Gasteiger partial charge in [-0.2, -0.15) is 12.6 Å². The van der Waals surface area contributed by atoms with Crippen molar-refractivity contribution in [1.82, 2.24) is 66.2 Å². The molecule has 0 bridgehead atoms. The molecule has 0 radical (unpaired) electrons. The maximum Gasteiger partial charge on any atom is 0.408 e. The summed E-state index contributed by atoms with van der Waals surface area (Å²) in [6.45, 7) is 0.769. The van der Waals surface area contributed by atoms with E-state index >= 15 is 0 Å². The minimum absolute atomic E-state index is 0.195. The number of aliphatic hydroxyl groups is 1. The fourth-order valence-electron chi connectivity index (χ4n) is 11.5. The zero-order valence-corrected chi connectivity index (χ0v) is 66.0. The zero-order chi connectivity index (χ0) is 87.4. The van der Waals surface area contributed by atoms with Crippen LogP contribution in [0.15, 0.2) is 0 Å². The van der Waals surface area contributed by atoms with Crippen molar-refractivity contribution < 1.29 is 116 Å². The van der Waals surface area contributed by atoms with E-state index in [-0.39, 0.29) is 51.1 Å². The molecule has 0 fully saturated rings. The van der Waals surface area contributed by atoms with Gasteiger partial charge in [0.25, 0.3) is 0 Å². The first-order valence-corrected chi connectivity index (χ1v) is 37.1. The second-order valence-electron chi connectivity index (χ2n) is 26.7. The summed E-state index contributed by atoms with van der Waals surface area (Å²) in [6, 6.07) is -10.9. The number of hydrogen-bond acceptors (Lipinski definition) is 25. The predicted molar refractivity (Wildman–Crippen MR) is 404 cm³/mol. The lowest BCUT2D eigenvalue weighted by Gasteiger charge is -2.34. The Balaban J connectivity index is 6.97. The van der Waals surface area contributed by atoms with E-state index in [0.29, 0.717) is 4.90 Å². The highest BCUT2D eigenvalue weighted by molar-refractivity contribution is 7.80. The maximum atomic E-state index is 14.3. The summed E-state index contributed by atoms with van der Waals surface area (Å²) in [5.74, 6) is -21.6. The molecule has 642 valence electrons. The summed E-state index contributed by atoms with van der Waals surface area (Å²) in [6.07, 6.45) is -8.80. The van der Waals surface area contributed by atoms with Gasteiger partial charge in [0.2, 0.25) is 118 Å². The van der Waals surface area contributed by atoms with Crippen molar-refractivity contribution in [2.45, 2.75) is 174 Å². The highest BCUT2D eigenvalue weighted by atomic mass is 32.1. The van der Waals surface area contributed by atoms with Crippen LogP contribution in [0.4, 0.5) is 4.79 Å². The topological polar surface area (TPSA) is 745 Å². The average molecular weight is 1640 g/mol. The van der Waals surface area contributed by atoms with Crippen LogP contribution < -0.4 is 83.5 Å². The minimum Gasteiger partial charge on any atom is -0.465 e. The summed E-state index contributed by atoms with van der Waals surface area (Å²) in [7, 11) is 0. The Hall–Kier alpha value is -11.4. The lowest BCUT2D eigenvalue weighted by Crippen LogP contribution is -2.57. The van der Waals surface area contributed by atoms with Crippen LogP contribution in [0.1, 0.15) is 131 Å². The van der Waals surface area contributed by atoms with Gasteiger partial charge >= 0.3 is 6.09 Å². The van der Waals surface area contributed by atoms with Crippen LogP contribution in [0.5, 0.6) is 0 Å². The number of thiol groups is 1. The number of carboxylic acid groups (broad SMARTS) is 1. The van der Waals surface area contributed by atoms with Crippen molar-refractivity contribution in [1.29, 1.82) is 0 Å². The fourth-order valence-corrected chi connectivity index (χ4v) is 11.9. The molecule has 47 heteroatoms. The number of Topliss-reactive ketones (excluding diaryl/α,β-unsaturated/α-hetero) is 1. The quantitative estimate of drug-likeness (QED) is 0.0199. The molecule has 0 spiro atoms. The standard InChI is InChI=1S/C67H114N22O24S/c1-7-38(4)66(111)88(28-21-80-61(106)42(9-13-48(70)93)84(23-16-68)57(102)32-52(74)97)44(11-15-50(72)95)63(108)78-17-24-83(56(101)31-51(73)96)39(5)60(105)77-18-26-86(59(104)34-54(76)99)43(10-14-49(71)94)62(107)79-20-27-87(55(100)30-37(2)3)45(35-90)64(109)81-22-29-89(67(112)113)46(36-114)65(110)82-19-25-85(58(103)33-53(75)98)41(40(6)91)8-12-47(69)92/h37-39,41-46,90,114H,7-36,68H2,1-6H3,(H2,69,92)(H2,70,93)(H2,71,94)(H2,72,95)(H2,73,96)(H2,74,97)(H2,75,98)(H2,76,99)(H,77,105)(H,78,108)(H,79,107)(H,80,106)(H,81,109)(H,82,110)(H,112,113)/t38?,39-,41-,42-,43-,44-,45-,46-/m0/s1. The summed E-state index contributed by atoms with van der Waals surface area (Å²) in [5, 5.41) is 35.7.